The number of rotatable bonds is 5. The van der Waals surface area contributed by atoms with Gasteiger partial charge >= 0.3 is 0 Å². The molecule has 0 heterocycles. The van der Waals surface area contributed by atoms with Crippen LogP contribution in [0, 0.1) is 0 Å². The van der Waals surface area contributed by atoms with Gasteiger partial charge in [-0.25, -0.2) is 0 Å². The summed E-state index contributed by atoms with van der Waals surface area (Å²) in [6, 6.07) is 0. The Kier molecular flexibility index (Phi) is 4.31. The maximum Gasteiger partial charge on any atom is 0.279 e. The lowest BCUT2D eigenvalue weighted by Gasteiger charge is -2.28. The Morgan fingerprint density at radius 1 is 1.46 bits per heavy atom. The number of nitrogens with one attached hydrogen (secondary N) is 1. The number of nitrogens with zero attached hydrogens (tertiary/aromatic N) is 1. The summed E-state index contributed by atoms with van der Waals surface area (Å²) in [5, 5.41) is 0. The van der Waals surface area contributed by atoms with Crippen molar-refractivity contribution >= 4 is 10.2 Å². The van der Waals surface area contributed by atoms with Gasteiger partial charge in [-0.1, -0.05) is 6.92 Å². The standard InChI is InChI=1S/C7H19N3O2S/c1-5-7(2,6-8)9-13(11,12)10(3)4/h9H,5-6,8H2,1-4H3. The van der Waals surface area contributed by atoms with Crippen LogP contribution < -0.4 is 10.5 Å². The average molecular weight is 209 g/mol. The third-order valence-corrected chi connectivity index (χ3v) is 3.80. The molecular formula is C7H19N3O2S. The van der Waals surface area contributed by atoms with Crippen LogP contribution in [0.2, 0.25) is 0 Å². The van der Waals surface area contributed by atoms with Crippen LogP contribution in [0.25, 0.3) is 0 Å². The minimum absolute atomic E-state index is 0.288. The quantitative estimate of drug-likeness (QED) is 0.641. The van der Waals surface area contributed by atoms with Gasteiger partial charge in [-0.2, -0.15) is 17.4 Å². The van der Waals surface area contributed by atoms with Crippen LogP contribution in [0.1, 0.15) is 20.3 Å². The van der Waals surface area contributed by atoms with Gasteiger partial charge in [0.05, 0.1) is 0 Å². The lowest BCUT2D eigenvalue weighted by Crippen LogP contribution is -2.53. The van der Waals surface area contributed by atoms with Gasteiger partial charge < -0.3 is 5.73 Å². The van der Waals surface area contributed by atoms with Crippen molar-refractivity contribution in [3.8, 4) is 0 Å². The molecule has 0 aromatic rings. The van der Waals surface area contributed by atoms with E-state index < -0.39 is 15.7 Å². The second kappa shape index (κ2) is 4.36. The molecule has 0 saturated heterocycles. The lowest BCUT2D eigenvalue weighted by molar-refractivity contribution is 0.393. The minimum atomic E-state index is -3.38. The molecule has 0 radical (unpaired) electrons. The van der Waals surface area contributed by atoms with Crippen LogP contribution in [0.3, 0.4) is 0 Å². The van der Waals surface area contributed by atoms with E-state index in [1.54, 1.807) is 6.92 Å². The number of hydrogen-bond acceptors (Lipinski definition) is 3. The Morgan fingerprint density at radius 2 is 1.92 bits per heavy atom. The van der Waals surface area contributed by atoms with E-state index in [2.05, 4.69) is 4.72 Å². The van der Waals surface area contributed by atoms with Gasteiger partial charge in [0.2, 0.25) is 0 Å². The molecule has 0 aliphatic carbocycles. The first-order chi connectivity index (χ1) is 5.77. The normalized spacial score (nSPS) is 17.4. The van der Waals surface area contributed by atoms with Crippen molar-refractivity contribution in [3.05, 3.63) is 0 Å². The molecule has 80 valence electrons. The molecule has 0 aliphatic rings. The van der Waals surface area contributed by atoms with Crippen molar-refractivity contribution < 1.29 is 8.42 Å². The molecule has 6 heteroatoms. The zero-order valence-electron chi connectivity index (χ0n) is 8.66. The van der Waals surface area contributed by atoms with Crippen LogP contribution in [0.4, 0.5) is 0 Å². The maximum absolute atomic E-state index is 11.4. The summed E-state index contributed by atoms with van der Waals surface area (Å²) in [5.74, 6) is 0. The third kappa shape index (κ3) is 3.60. The van der Waals surface area contributed by atoms with Crippen molar-refractivity contribution in [2.45, 2.75) is 25.8 Å². The maximum atomic E-state index is 11.4. The Hall–Kier alpha value is -0.170. The summed E-state index contributed by atoms with van der Waals surface area (Å²) in [4.78, 5) is 0. The highest BCUT2D eigenvalue weighted by Crippen LogP contribution is 2.09. The molecule has 0 bridgehead atoms. The predicted octanol–water partition coefficient (Wildman–Crippen LogP) is -0.490. The molecule has 0 fully saturated rings. The summed E-state index contributed by atoms with van der Waals surface area (Å²) >= 11 is 0. The Balaban J connectivity index is 4.60. The Morgan fingerprint density at radius 3 is 2.15 bits per heavy atom. The minimum Gasteiger partial charge on any atom is -0.329 e. The third-order valence-electron chi connectivity index (χ3n) is 2.09. The highest BCUT2D eigenvalue weighted by molar-refractivity contribution is 7.87. The predicted molar refractivity (Wildman–Crippen MR) is 53.5 cm³/mol. The second-order valence-corrected chi connectivity index (χ2v) is 5.39. The van der Waals surface area contributed by atoms with Gasteiger partial charge in [0, 0.05) is 26.2 Å². The van der Waals surface area contributed by atoms with Crippen molar-refractivity contribution in [1.29, 1.82) is 0 Å². The van der Waals surface area contributed by atoms with E-state index in [0.29, 0.717) is 6.42 Å². The first-order valence-corrected chi connectivity index (χ1v) is 5.63. The SMILES string of the molecule is CCC(C)(CN)NS(=O)(=O)N(C)C. The second-order valence-electron chi connectivity index (χ2n) is 3.51. The fraction of sp³-hybridized carbons (Fsp3) is 1.00. The smallest absolute Gasteiger partial charge is 0.279 e. The lowest BCUT2D eigenvalue weighted by atomic mass is 10.0. The molecular weight excluding hydrogens is 190 g/mol. The molecule has 1 atom stereocenters. The first kappa shape index (κ1) is 12.8. The fourth-order valence-electron chi connectivity index (χ4n) is 0.661. The van der Waals surface area contributed by atoms with Crippen LogP contribution in [-0.4, -0.2) is 38.9 Å². The Labute approximate surface area is 80.5 Å². The van der Waals surface area contributed by atoms with Crippen LogP contribution in [0.5, 0.6) is 0 Å². The van der Waals surface area contributed by atoms with E-state index in [0.717, 1.165) is 4.31 Å². The Bertz CT molecular complexity index is 244. The zero-order chi connectivity index (χ0) is 10.7. The molecule has 0 rings (SSSR count). The van der Waals surface area contributed by atoms with Gasteiger partial charge in [0.15, 0.2) is 0 Å². The molecule has 5 nitrogen and oxygen atoms in total. The van der Waals surface area contributed by atoms with Crippen LogP contribution >= 0.6 is 0 Å². The van der Waals surface area contributed by atoms with E-state index in [-0.39, 0.29) is 6.54 Å². The van der Waals surface area contributed by atoms with E-state index in [9.17, 15) is 8.42 Å². The summed E-state index contributed by atoms with van der Waals surface area (Å²) in [7, 11) is -0.415. The highest BCUT2D eigenvalue weighted by Gasteiger charge is 2.27. The fourth-order valence-corrected chi connectivity index (χ4v) is 1.69. The summed E-state index contributed by atoms with van der Waals surface area (Å²) < 4.78 is 26.5. The van der Waals surface area contributed by atoms with Crippen molar-refractivity contribution in [1.82, 2.24) is 9.03 Å². The van der Waals surface area contributed by atoms with E-state index in [4.69, 9.17) is 5.73 Å². The van der Waals surface area contributed by atoms with Crippen molar-refractivity contribution in [3.63, 3.8) is 0 Å². The number of nitrogens with two attached hydrogens (primary N) is 1. The van der Waals surface area contributed by atoms with E-state index >= 15 is 0 Å². The first-order valence-electron chi connectivity index (χ1n) is 4.19. The van der Waals surface area contributed by atoms with E-state index in [1.807, 2.05) is 6.92 Å². The molecule has 0 saturated carbocycles. The van der Waals surface area contributed by atoms with Crippen LogP contribution in [0.15, 0.2) is 0 Å². The van der Waals surface area contributed by atoms with Crippen LogP contribution in [-0.2, 0) is 10.2 Å². The monoisotopic (exact) mass is 209 g/mol. The molecule has 3 N–H and O–H groups in total. The zero-order valence-corrected chi connectivity index (χ0v) is 9.48. The molecule has 0 aromatic carbocycles. The number of hydrogen-bond donors (Lipinski definition) is 2. The summed E-state index contributed by atoms with van der Waals surface area (Å²) in [6.07, 6.45) is 0.663. The van der Waals surface area contributed by atoms with Crippen molar-refractivity contribution in [2.75, 3.05) is 20.6 Å². The summed E-state index contributed by atoms with van der Waals surface area (Å²) in [6.45, 7) is 3.97. The molecule has 13 heavy (non-hydrogen) atoms. The average Bonchev–Trinajstić information content (AvgIpc) is 2.03. The molecule has 0 aromatic heterocycles. The van der Waals surface area contributed by atoms with Gasteiger partial charge in [-0.3, -0.25) is 0 Å². The van der Waals surface area contributed by atoms with Gasteiger partial charge in [0.25, 0.3) is 10.2 Å². The largest absolute Gasteiger partial charge is 0.329 e. The van der Waals surface area contributed by atoms with E-state index in [1.165, 1.54) is 14.1 Å². The van der Waals surface area contributed by atoms with Gasteiger partial charge in [-0.05, 0) is 13.3 Å². The summed E-state index contributed by atoms with van der Waals surface area (Å²) in [5.41, 5.74) is 4.93. The molecule has 0 amide bonds. The van der Waals surface area contributed by atoms with Gasteiger partial charge in [-0.15, -0.1) is 0 Å². The molecule has 1 unspecified atom stereocenters. The molecule has 0 spiro atoms. The molecule has 0 aliphatic heterocycles. The topological polar surface area (TPSA) is 75.4 Å². The van der Waals surface area contributed by atoms with Crippen molar-refractivity contribution in [2.24, 2.45) is 5.73 Å². The highest BCUT2D eigenvalue weighted by atomic mass is 32.2. The van der Waals surface area contributed by atoms with Gasteiger partial charge in [0.1, 0.15) is 0 Å².